The van der Waals surface area contributed by atoms with E-state index >= 15 is 0 Å². The Morgan fingerprint density at radius 1 is 1.39 bits per heavy atom. The molecule has 0 radical (unpaired) electrons. The monoisotopic (exact) mass is 264 g/mol. The molecule has 2 atom stereocenters. The summed E-state index contributed by atoms with van der Waals surface area (Å²) in [6.07, 6.45) is 1.29. The zero-order chi connectivity index (χ0) is 13.1. The molecular formula is C15H24N2S. The maximum absolute atomic E-state index is 6.01. The molecule has 0 aliphatic carbocycles. The van der Waals surface area contributed by atoms with E-state index in [0.29, 0.717) is 18.6 Å². The van der Waals surface area contributed by atoms with Crippen LogP contribution in [0.15, 0.2) is 18.2 Å². The topological polar surface area (TPSA) is 29.3 Å². The molecule has 1 aromatic carbocycles. The van der Waals surface area contributed by atoms with Crippen LogP contribution in [0.2, 0.25) is 0 Å². The number of benzene rings is 1. The van der Waals surface area contributed by atoms with E-state index in [9.17, 15) is 0 Å². The molecular weight excluding hydrogens is 240 g/mol. The fourth-order valence-electron chi connectivity index (χ4n) is 2.61. The van der Waals surface area contributed by atoms with E-state index in [1.807, 2.05) is 0 Å². The zero-order valence-electron chi connectivity index (χ0n) is 11.6. The Labute approximate surface area is 115 Å². The van der Waals surface area contributed by atoms with Gasteiger partial charge in [-0.15, -0.1) is 0 Å². The van der Waals surface area contributed by atoms with Crippen LogP contribution in [0.3, 0.4) is 0 Å². The molecule has 1 aliphatic rings. The lowest BCUT2D eigenvalue weighted by molar-refractivity contribution is 0.193. The van der Waals surface area contributed by atoms with Crippen molar-refractivity contribution in [2.45, 2.75) is 32.4 Å². The Balaban J connectivity index is 2.18. The van der Waals surface area contributed by atoms with Gasteiger partial charge in [-0.25, -0.2) is 0 Å². The molecule has 2 N–H and O–H groups in total. The molecule has 1 aromatic rings. The highest BCUT2D eigenvalue weighted by atomic mass is 32.2. The van der Waals surface area contributed by atoms with E-state index in [2.05, 4.69) is 55.8 Å². The molecule has 3 heteroatoms. The molecule has 100 valence electrons. The van der Waals surface area contributed by atoms with E-state index < -0.39 is 0 Å². The Hall–Kier alpha value is -0.510. The fraction of sp³-hybridized carbons (Fsp3) is 0.600. The van der Waals surface area contributed by atoms with Crippen molar-refractivity contribution >= 4 is 11.8 Å². The number of aryl methyl sites for hydroxylation is 2. The number of likely N-dealkylation sites (N-methyl/N-ethyl adjacent to an activating group) is 1. The van der Waals surface area contributed by atoms with Gasteiger partial charge in [0.15, 0.2) is 0 Å². The molecule has 0 amide bonds. The van der Waals surface area contributed by atoms with Crippen LogP contribution in [-0.4, -0.2) is 36.0 Å². The van der Waals surface area contributed by atoms with Gasteiger partial charge in [0.05, 0.1) is 0 Å². The van der Waals surface area contributed by atoms with E-state index in [0.717, 1.165) is 0 Å². The maximum Gasteiger partial charge on any atom is 0.0470 e. The fourth-order valence-corrected chi connectivity index (χ4v) is 3.89. The third-order valence-corrected chi connectivity index (χ3v) is 5.26. The average molecular weight is 264 g/mol. The Morgan fingerprint density at radius 2 is 2.17 bits per heavy atom. The minimum Gasteiger partial charge on any atom is -0.329 e. The van der Waals surface area contributed by atoms with Gasteiger partial charge in [0.1, 0.15) is 0 Å². The normalized spacial score (nSPS) is 21.5. The number of nitrogens with two attached hydrogens (primary N) is 1. The van der Waals surface area contributed by atoms with Gasteiger partial charge < -0.3 is 5.73 Å². The van der Waals surface area contributed by atoms with Crippen molar-refractivity contribution < 1.29 is 0 Å². The molecule has 0 bridgehead atoms. The maximum atomic E-state index is 6.01. The highest BCUT2D eigenvalue weighted by Gasteiger charge is 2.26. The summed E-state index contributed by atoms with van der Waals surface area (Å²) in [5, 5.41) is 0. The second kappa shape index (κ2) is 6.09. The standard InChI is InChI=1S/C15H24N2S/c1-11-4-5-13(8-12(11)2)15(9-16)17(3)14-6-7-18-10-14/h4-5,8,14-15H,6-7,9-10,16H2,1-3H3. The molecule has 0 saturated carbocycles. The first-order valence-corrected chi connectivity index (χ1v) is 7.86. The van der Waals surface area contributed by atoms with Crippen molar-refractivity contribution in [2.75, 3.05) is 25.1 Å². The summed E-state index contributed by atoms with van der Waals surface area (Å²) in [6, 6.07) is 7.78. The van der Waals surface area contributed by atoms with Gasteiger partial charge in [0.25, 0.3) is 0 Å². The van der Waals surface area contributed by atoms with Crippen molar-refractivity contribution in [1.29, 1.82) is 0 Å². The smallest absolute Gasteiger partial charge is 0.0470 e. The Bertz CT molecular complexity index is 399. The van der Waals surface area contributed by atoms with Crippen molar-refractivity contribution in [3.05, 3.63) is 34.9 Å². The second-order valence-electron chi connectivity index (χ2n) is 5.28. The summed E-state index contributed by atoms with van der Waals surface area (Å²) in [5.74, 6) is 2.54. The Kier molecular flexibility index (Phi) is 4.71. The minimum atomic E-state index is 0.355. The van der Waals surface area contributed by atoms with Crippen LogP contribution in [0.1, 0.15) is 29.2 Å². The predicted molar refractivity (Wildman–Crippen MR) is 81.2 cm³/mol. The highest BCUT2D eigenvalue weighted by Crippen LogP contribution is 2.29. The van der Waals surface area contributed by atoms with Crippen LogP contribution in [0.4, 0.5) is 0 Å². The van der Waals surface area contributed by atoms with Crippen LogP contribution >= 0.6 is 11.8 Å². The molecule has 2 nitrogen and oxygen atoms in total. The molecule has 0 aromatic heterocycles. The second-order valence-corrected chi connectivity index (χ2v) is 6.43. The van der Waals surface area contributed by atoms with E-state index in [1.54, 1.807) is 0 Å². The summed E-state index contributed by atoms with van der Waals surface area (Å²) >= 11 is 2.06. The van der Waals surface area contributed by atoms with E-state index in [1.165, 1.54) is 34.6 Å². The third kappa shape index (κ3) is 2.90. The van der Waals surface area contributed by atoms with Crippen LogP contribution in [-0.2, 0) is 0 Å². The third-order valence-electron chi connectivity index (χ3n) is 4.11. The van der Waals surface area contributed by atoms with Crippen LogP contribution in [0, 0.1) is 13.8 Å². The molecule has 2 unspecified atom stereocenters. The molecule has 0 spiro atoms. The van der Waals surface area contributed by atoms with Gasteiger partial charge in [0.2, 0.25) is 0 Å². The summed E-state index contributed by atoms with van der Waals surface area (Å²) < 4.78 is 0. The lowest BCUT2D eigenvalue weighted by Gasteiger charge is -2.32. The quantitative estimate of drug-likeness (QED) is 0.906. The van der Waals surface area contributed by atoms with Crippen LogP contribution in [0.25, 0.3) is 0 Å². The number of rotatable bonds is 4. The van der Waals surface area contributed by atoms with Crippen molar-refractivity contribution in [1.82, 2.24) is 4.90 Å². The lowest BCUT2D eigenvalue weighted by atomic mass is 9.99. The number of thioether (sulfide) groups is 1. The molecule has 1 fully saturated rings. The van der Waals surface area contributed by atoms with Crippen molar-refractivity contribution in [2.24, 2.45) is 5.73 Å². The summed E-state index contributed by atoms with van der Waals surface area (Å²) in [4.78, 5) is 2.48. The molecule has 1 heterocycles. The van der Waals surface area contributed by atoms with Gasteiger partial charge in [-0.2, -0.15) is 11.8 Å². The summed E-state index contributed by atoms with van der Waals surface area (Å²) in [7, 11) is 2.23. The highest BCUT2D eigenvalue weighted by molar-refractivity contribution is 7.99. The summed E-state index contributed by atoms with van der Waals surface area (Å²) in [5.41, 5.74) is 10.1. The first kappa shape index (κ1) is 13.9. The Morgan fingerprint density at radius 3 is 2.72 bits per heavy atom. The van der Waals surface area contributed by atoms with E-state index in [-0.39, 0.29) is 0 Å². The average Bonchev–Trinajstić information content (AvgIpc) is 2.88. The van der Waals surface area contributed by atoms with Gasteiger partial charge in [-0.05, 0) is 49.8 Å². The van der Waals surface area contributed by atoms with Crippen molar-refractivity contribution in [3.63, 3.8) is 0 Å². The summed E-state index contributed by atoms with van der Waals surface area (Å²) in [6.45, 7) is 5.03. The largest absolute Gasteiger partial charge is 0.329 e. The van der Waals surface area contributed by atoms with Crippen LogP contribution < -0.4 is 5.73 Å². The van der Waals surface area contributed by atoms with Gasteiger partial charge >= 0.3 is 0 Å². The first-order valence-electron chi connectivity index (χ1n) is 6.70. The first-order chi connectivity index (χ1) is 8.63. The van der Waals surface area contributed by atoms with Gasteiger partial charge in [-0.3, -0.25) is 4.90 Å². The zero-order valence-corrected chi connectivity index (χ0v) is 12.5. The number of nitrogens with zero attached hydrogens (tertiary/aromatic N) is 1. The number of hydrogen-bond donors (Lipinski definition) is 1. The number of hydrogen-bond acceptors (Lipinski definition) is 3. The van der Waals surface area contributed by atoms with E-state index in [4.69, 9.17) is 5.73 Å². The predicted octanol–water partition coefficient (Wildman–Crippen LogP) is 2.74. The lowest BCUT2D eigenvalue weighted by Crippen LogP contribution is -2.38. The molecule has 1 saturated heterocycles. The molecule has 18 heavy (non-hydrogen) atoms. The van der Waals surface area contributed by atoms with Crippen LogP contribution in [0.5, 0.6) is 0 Å². The van der Waals surface area contributed by atoms with Crippen molar-refractivity contribution in [3.8, 4) is 0 Å². The molecule has 2 rings (SSSR count). The van der Waals surface area contributed by atoms with Gasteiger partial charge in [-0.1, -0.05) is 18.2 Å². The molecule has 1 aliphatic heterocycles. The minimum absolute atomic E-state index is 0.355. The van der Waals surface area contributed by atoms with Gasteiger partial charge in [0, 0.05) is 24.4 Å². The SMILES string of the molecule is Cc1ccc(C(CN)N(C)C2CCSC2)cc1C.